The molecule has 1 atom stereocenters. The van der Waals surface area contributed by atoms with Crippen LogP contribution in [0.25, 0.3) is 0 Å². The summed E-state index contributed by atoms with van der Waals surface area (Å²) in [5.74, 6) is -0.0972. The van der Waals surface area contributed by atoms with E-state index in [4.69, 9.17) is 22.1 Å². The molecule has 0 spiro atoms. The van der Waals surface area contributed by atoms with Crippen molar-refractivity contribution in [3.05, 3.63) is 119 Å². The molecular formula is C33H30BrClN4O4. The standard InChI is InChI=1S/C33H30BrClN4O4/c1-18-11-20(17-43-23-8-5-21(34)6-9-23)19(2)24(12-18)30-25(16-36)32(37)38(26-10-7-22(35)13-27(26)39(41)42)28-14-33(3,4)15-29(40)31(28)30/h5-13,30H,14-15,17,37H2,1-4H3. The summed E-state index contributed by atoms with van der Waals surface area (Å²) >= 11 is 9.56. The second-order valence-corrected chi connectivity index (χ2v) is 13.1. The number of ether oxygens (including phenoxy) is 1. The fourth-order valence-electron chi connectivity index (χ4n) is 6.03. The molecule has 1 unspecified atom stereocenters. The predicted molar refractivity (Wildman–Crippen MR) is 170 cm³/mol. The van der Waals surface area contributed by atoms with Crippen molar-refractivity contribution >= 4 is 44.7 Å². The van der Waals surface area contributed by atoms with Crippen molar-refractivity contribution in [3.8, 4) is 11.8 Å². The number of rotatable bonds is 6. The van der Waals surface area contributed by atoms with Crippen molar-refractivity contribution in [2.24, 2.45) is 11.1 Å². The first kappa shape index (κ1) is 30.3. The van der Waals surface area contributed by atoms with Crippen LogP contribution >= 0.6 is 27.5 Å². The molecule has 8 nitrogen and oxygen atoms in total. The van der Waals surface area contributed by atoms with Crippen LogP contribution in [0.3, 0.4) is 0 Å². The van der Waals surface area contributed by atoms with Crippen LogP contribution in [-0.2, 0) is 11.4 Å². The summed E-state index contributed by atoms with van der Waals surface area (Å²) < 4.78 is 7.04. The topological polar surface area (TPSA) is 122 Å². The van der Waals surface area contributed by atoms with Crippen molar-refractivity contribution in [3.63, 3.8) is 0 Å². The molecule has 0 radical (unpaired) electrons. The van der Waals surface area contributed by atoms with E-state index in [1.165, 1.54) is 23.1 Å². The number of nitriles is 1. The lowest BCUT2D eigenvalue weighted by Gasteiger charge is -2.43. The molecule has 0 amide bonds. The monoisotopic (exact) mass is 660 g/mol. The average Bonchev–Trinajstić information content (AvgIpc) is 2.93. The van der Waals surface area contributed by atoms with Gasteiger partial charge in [0.1, 0.15) is 23.9 Å². The smallest absolute Gasteiger partial charge is 0.294 e. The van der Waals surface area contributed by atoms with Crippen molar-refractivity contribution in [2.45, 2.75) is 53.1 Å². The number of nitro benzene ring substituents is 1. The molecule has 43 heavy (non-hydrogen) atoms. The number of nitrogens with zero attached hydrogens (tertiary/aromatic N) is 3. The van der Waals surface area contributed by atoms with Crippen LogP contribution in [0.2, 0.25) is 5.02 Å². The Labute approximate surface area is 263 Å². The van der Waals surface area contributed by atoms with Gasteiger partial charge in [0, 0.05) is 33.3 Å². The Hall–Kier alpha value is -4.13. The lowest BCUT2D eigenvalue weighted by molar-refractivity contribution is -0.384. The number of hydrogen-bond donors (Lipinski definition) is 1. The summed E-state index contributed by atoms with van der Waals surface area (Å²) in [6, 6.07) is 18.1. The Balaban J connectivity index is 1.70. The number of anilines is 1. The van der Waals surface area contributed by atoms with Crippen LogP contribution in [0.15, 0.2) is 81.7 Å². The molecule has 0 aromatic heterocycles. The molecule has 3 aromatic carbocycles. The normalized spacial score (nSPS) is 17.9. The van der Waals surface area contributed by atoms with E-state index >= 15 is 0 Å². The molecule has 10 heteroatoms. The molecule has 0 saturated heterocycles. The maximum Gasteiger partial charge on any atom is 0.294 e. The van der Waals surface area contributed by atoms with Crippen LogP contribution < -0.4 is 15.4 Å². The van der Waals surface area contributed by atoms with Gasteiger partial charge in [-0.3, -0.25) is 19.8 Å². The lowest BCUT2D eigenvalue weighted by Crippen LogP contribution is -2.42. The summed E-state index contributed by atoms with van der Waals surface area (Å²) in [7, 11) is 0. The molecule has 2 N–H and O–H groups in total. The molecule has 3 aromatic rings. The molecule has 1 aliphatic carbocycles. The quantitative estimate of drug-likeness (QED) is 0.209. The van der Waals surface area contributed by atoms with Crippen molar-refractivity contribution in [1.29, 1.82) is 5.26 Å². The number of carbonyl (C=O) groups is 1. The molecular weight excluding hydrogens is 632 g/mol. The Bertz CT molecular complexity index is 1770. The van der Waals surface area contributed by atoms with Crippen LogP contribution in [0, 0.1) is 40.7 Å². The lowest BCUT2D eigenvalue weighted by atomic mass is 9.68. The van der Waals surface area contributed by atoms with Gasteiger partial charge in [-0.2, -0.15) is 5.26 Å². The zero-order chi connectivity index (χ0) is 31.2. The maximum atomic E-state index is 14.0. The number of benzene rings is 3. The SMILES string of the molecule is Cc1cc(COc2ccc(Br)cc2)c(C)c(C2C(C#N)=C(N)N(c3ccc(Cl)cc3[N+](=O)[O-])C3=C2C(=O)CC(C)(C)C3)c1. The number of ketones is 1. The Morgan fingerprint density at radius 2 is 1.86 bits per heavy atom. The molecule has 0 bridgehead atoms. The molecule has 5 rings (SSSR count). The largest absolute Gasteiger partial charge is 0.489 e. The number of nitrogens with two attached hydrogens (primary N) is 1. The van der Waals surface area contributed by atoms with E-state index in [0.717, 1.165) is 26.7 Å². The first-order valence-corrected chi connectivity index (χ1v) is 14.9. The van der Waals surface area contributed by atoms with Gasteiger partial charge in [0.05, 0.1) is 22.5 Å². The number of nitro groups is 1. The second-order valence-electron chi connectivity index (χ2n) is 11.8. The fourth-order valence-corrected chi connectivity index (χ4v) is 6.46. The minimum Gasteiger partial charge on any atom is -0.489 e. The zero-order valence-electron chi connectivity index (χ0n) is 24.2. The average molecular weight is 662 g/mol. The highest BCUT2D eigenvalue weighted by molar-refractivity contribution is 9.10. The molecule has 0 fully saturated rings. The number of aryl methyl sites for hydroxylation is 1. The third-order valence-corrected chi connectivity index (χ3v) is 8.74. The summed E-state index contributed by atoms with van der Waals surface area (Å²) in [6.07, 6.45) is 0.691. The van der Waals surface area contributed by atoms with E-state index in [1.54, 1.807) is 0 Å². The van der Waals surface area contributed by atoms with E-state index in [1.807, 2.05) is 64.1 Å². The number of allylic oxidation sites excluding steroid dienone is 3. The highest BCUT2D eigenvalue weighted by Gasteiger charge is 2.46. The van der Waals surface area contributed by atoms with E-state index < -0.39 is 16.3 Å². The minimum atomic E-state index is -0.738. The fraction of sp³-hybridized carbons (Fsp3) is 0.273. The van der Waals surface area contributed by atoms with E-state index in [-0.39, 0.29) is 46.6 Å². The van der Waals surface area contributed by atoms with Crippen molar-refractivity contribution in [2.75, 3.05) is 4.90 Å². The Morgan fingerprint density at radius 1 is 1.16 bits per heavy atom. The Kier molecular flexibility index (Phi) is 8.12. The van der Waals surface area contributed by atoms with Gasteiger partial charge in [-0.25, -0.2) is 0 Å². The number of halogens is 2. The predicted octanol–water partition coefficient (Wildman–Crippen LogP) is 8.15. The first-order valence-electron chi connectivity index (χ1n) is 13.7. The molecule has 1 heterocycles. The van der Waals surface area contributed by atoms with Crippen LogP contribution in [0.1, 0.15) is 54.9 Å². The van der Waals surface area contributed by atoms with E-state index in [9.17, 15) is 20.2 Å². The number of Topliss-reactive ketones (excluding diaryl/α,β-unsaturated/α-hetero) is 1. The van der Waals surface area contributed by atoms with Gasteiger partial charge in [-0.1, -0.05) is 59.1 Å². The number of hydrogen-bond acceptors (Lipinski definition) is 7. The van der Waals surface area contributed by atoms with Crippen molar-refractivity contribution < 1.29 is 14.5 Å². The van der Waals surface area contributed by atoms with Gasteiger partial charge in [-0.05, 0) is 78.8 Å². The van der Waals surface area contributed by atoms with Gasteiger partial charge in [0.25, 0.3) is 5.69 Å². The first-order chi connectivity index (χ1) is 20.3. The summed E-state index contributed by atoms with van der Waals surface area (Å²) in [4.78, 5) is 27.1. The molecule has 0 saturated carbocycles. The van der Waals surface area contributed by atoms with Gasteiger partial charge < -0.3 is 10.5 Å². The van der Waals surface area contributed by atoms with Crippen LogP contribution in [0.4, 0.5) is 11.4 Å². The van der Waals surface area contributed by atoms with Crippen molar-refractivity contribution in [1.82, 2.24) is 0 Å². The molecule has 220 valence electrons. The summed E-state index contributed by atoms with van der Waals surface area (Å²) in [6.45, 7) is 8.15. The second kappa shape index (κ2) is 11.5. The zero-order valence-corrected chi connectivity index (χ0v) is 26.5. The van der Waals surface area contributed by atoms with Gasteiger partial charge in [-0.15, -0.1) is 0 Å². The third kappa shape index (κ3) is 5.77. The minimum absolute atomic E-state index is 0.0516. The summed E-state index contributed by atoms with van der Waals surface area (Å²) in [5.41, 5.74) is 10.9. The van der Waals surface area contributed by atoms with E-state index in [0.29, 0.717) is 23.4 Å². The van der Waals surface area contributed by atoms with Crippen LogP contribution in [-0.4, -0.2) is 10.7 Å². The Morgan fingerprint density at radius 3 is 2.51 bits per heavy atom. The van der Waals surface area contributed by atoms with Crippen LogP contribution in [0.5, 0.6) is 5.75 Å². The molecule has 2 aliphatic rings. The van der Waals surface area contributed by atoms with E-state index in [2.05, 4.69) is 22.0 Å². The molecule has 1 aliphatic heterocycles. The van der Waals surface area contributed by atoms with Gasteiger partial charge in [0.2, 0.25) is 0 Å². The highest BCUT2D eigenvalue weighted by atomic mass is 79.9. The number of carbonyl (C=O) groups excluding carboxylic acids is 1. The third-order valence-electron chi connectivity index (χ3n) is 7.97. The summed E-state index contributed by atoms with van der Waals surface area (Å²) in [5, 5.41) is 22.8. The van der Waals surface area contributed by atoms with Gasteiger partial charge >= 0.3 is 0 Å². The highest BCUT2D eigenvalue weighted by Crippen LogP contribution is 2.52. The van der Waals surface area contributed by atoms with Gasteiger partial charge in [0.15, 0.2) is 5.78 Å². The maximum absolute atomic E-state index is 14.0.